The molecule has 0 aromatic heterocycles. The Labute approximate surface area is 119 Å². The highest BCUT2D eigenvalue weighted by atomic mass is 31.2. The van der Waals surface area contributed by atoms with Gasteiger partial charge in [-0.05, 0) is 12.0 Å². The molecule has 1 aliphatic carbocycles. The largest absolute Gasteiger partial charge is 0.470 e. The Morgan fingerprint density at radius 3 is 2.55 bits per heavy atom. The van der Waals surface area contributed by atoms with Gasteiger partial charge >= 0.3 is 7.82 Å². The molecule has 108 valence electrons. The average molecular weight is 294 g/mol. The lowest BCUT2D eigenvalue weighted by Crippen LogP contribution is -2.37. The van der Waals surface area contributed by atoms with E-state index in [1.807, 2.05) is 49.4 Å². The van der Waals surface area contributed by atoms with E-state index in [0.717, 1.165) is 12.0 Å². The Morgan fingerprint density at radius 2 is 1.95 bits per heavy atom. The van der Waals surface area contributed by atoms with E-state index in [1.54, 1.807) is 12.2 Å². The Morgan fingerprint density at radius 1 is 1.25 bits per heavy atom. The molecule has 0 saturated carbocycles. The van der Waals surface area contributed by atoms with E-state index in [2.05, 4.69) is 0 Å². The fraction of sp³-hybridized carbons (Fsp3) is 0.333. The van der Waals surface area contributed by atoms with Crippen molar-refractivity contribution in [2.24, 2.45) is 0 Å². The lowest BCUT2D eigenvalue weighted by Gasteiger charge is -2.38. The summed E-state index contributed by atoms with van der Waals surface area (Å²) in [6.45, 7) is 1.97. The molecule has 1 aliphatic rings. The van der Waals surface area contributed by atoms with E-state index in [-0.39, 0.29) is 5.92 Å². The smallest absolute Gasteiger partial charge is 0.303 e. The molecule has 20 heavy (non-hydrogen) atoms. The van der Waals surface area contributed by atoms with Gasteiger partial charge in [-0.1, -0.05) is 68.0 Å². The van der Waals surface area contributed by atoms with Crippen molar-refractivity contribution in [1.29, 1.82) is 0 Å². The molecule has 2 N–H and O–H groups in total. The van der Waals surface area contributed by atoms with Crippen molar-refractivity contribution in [3.05, 3.63) is 60.2 Å². The molecule has 0 spiro atoms. The van der Waals surface area contributed by atoms with Crippen LogP contribution in [0.1, 0.15) is 31.2 Å². The van der Waals surface area contributed by atoms with Crippen LogP contribution in [0.25, 0.3) is 0 Å². The van der Waals surface area contributed by atoms with Crippen LogP contribution in [0.4, 0.5) is 0 Å². The van der Waals surface area contributed by atoms with Gasteiger partial charge in [0.1, 0.15) is 5.60 Å². The molecule has 4 nitrogen and oxygen atoms in total. The third kappa shape index (κ3) is 3.47. The van der Waals surface area contributed by atoms with Gasteiger partial charge in [-0.2, -0.15) is 0 Å². The number of hydrogen-bond acceptors (Lipinski definition) is 2. The third-order valence-corrected chi connectivity index (χ3v) is 3.99. The van der Waals surface area contributed by atoms with Crippen LogP contribution in [0.5, 0.6) is 0 Å². The van der Waals surface area contributed by atoms with Gasteiger partial charge in [0.05, 0.1) is 0 Å². The van der Waals surface area contributed by atoms with Crippen LogP contribution in [-0.2, 0) is 9.09 Å². The molecule has 0 saturated heterocycles. The van der Waals surface area contributed by atoms with E-state index in [1.165, 1.54) is 0 Å². The SMILES string of the molecule is CCCC1(OP(=O)(O)O)C=CC=CC1c1ccccc1. The molecular formula is C15H19O4P. The van der Waals surface area contributed by atoms with Gasteiger partial charge in [0.25, 0.3) is 0 Å². The van der Waals surface area contributed by atoms with Crippen molar-refractivity contribution >= 4 is 7.82 Å². The normalized spacial score (nSPS) is 25.9. The Bertz CT molecular complexity index is 546. The topological polar surface area (TPSA) is 66.8 Å². The van der Waals surface area contributed by atoms with E-state index in [9.17, 15) is 14.4 Å². The second kappa shape index (κ2) is 6.06. The lowest BCUT2D eigenvalue weighted by atomic mass is 9.77. The van der Waals surface area contributed by atoms with Crippen LogP contribution in [-0.4, -0.2) is 15.4 Å². The zero-order valence-corrected chi connectivity index (χ0v) is 12.2. The predicted octanol–water partition coefficient (Wildman–Crippen LogP) is 3.54. The summed E-state index contributed by atoms with van der Waals surface area (Å²) in [7, 11) is -4.57. The first kappa shape index (κ1) is 15.2. The standard InChI is InChI=1S/C15H19O4P/c1-2-11-15(19-20(16,17)18)12-7-6-10-14(15)13-8-4-3-5-9-13/h3-10,12,14H,2,11H2,1H3,(H2,16,17,18). The van der Waals surface area contributed by atoms with E-state index < -0.39 is 13.4 Å². The summed E-state index contributed by atoms with van der Waals surface area (Å²) in [5, 5.41) is 0. The summed E-state index contributed by atoms with van der Waals surface area (Å²) in [6.07, 6.45) is 8.66. The number of hydrogen-bond donors (Lipinski definition) is 2. The number of benzene rings is 1. The van der Waals surface area contributed by atoms with Gasteiger partial charge < -0.3 is 9.79 Å². The number of rotatable bonds is 5. The van der Waals surface area contributed by atoms with Crippen molar-refractivity contribution in [2.75, 3.05) is 0 Å². The minimum atomic E-state index is -4.57. The van der Waals surface area contributed by atoms with Crippen molar-refractivity contribution in [2.45, 2.75) is 31.3 Å². The van der Waals surface area contributed by atoms with Crippen LogP contribution in [0.15, 0.2) is 54.6 Å². The number of allylic oxidation sites excluding steroid dienone is 2. The summed E-state index contributed by atoms with van der Waals surface area (Å²) in [5.74, 6) is -0.207. The summed E-state index contributed by atoms with van der Waals surface area (Å²) < 4.78 is 16.6. The molecule has 5 heteroatoms. The molecule has 2 atom stereocenters. The van der Waals surface area contributed by atoms with E-state index in [4.69, 9.17) is 4.52 Å². The molecular weight excluding hydrogens is 275 g/mol. The fourth-order valence-corrected chi connectivity index (χ4v) is 3.41. The van der Waals surface area contributed by atoms with Crippen LogP contribution in [0, 0.1) is 0 Å². The van der Waals surface area contributed by atoms with Crippen LogP contribution >= 0.6 is 7.82 Å². The second-order valence-corrected chi connectivity index (χ2v) is 6.08. The van der Waals surface area contributed by atoms with Crippen molar-refractivity contribution < 1.29 is 18.9 Å². The highest BCUT2D eigenvalue weighted by Crippen LogP contribution is 2.50. The molecule has 0 bridgehead atoms. The lowest BCUT2D eigenvalue weighted by molar-refractivity contribution is 0.0529. The summed E-state index contributed by atoms with van der Waals surface area (Å²) in [4.78, 5) is 18.5. The first-order chi connectivity index (χ1) is 9.47. The molecule has 0 fully saturated rings. The monoisotopic (exact) mass is 294 g/mol. The number of phosphoric acid groups is 1. The minimum absolute atomic E-state index is 0.207. The first-order valence-electron chi connectivity index (χ1n) is 6.64. The van der Waals surface area contributed by atoms with Crippen LogP contribution in [0.2, 0.25) is 0 Å². The molecule has 0 amide bonds. The first-order valence-corrected chi connectivity index (χ1v) is 8.17. The van der Waals surface area contributed by atoms with Gasteiger partial charge in [-0.25, -0.2) is 4.57 Å². The predicted molar refractivity (Wildman–Crippen MR) is 78.2 cm³/mol. The number of phosphoric ester groups is 1. The minimum Gasteiger partial charge on any atom is -0.303 e. The Hall–Kier alpha value is -1.19. The Kier molecular flexibility index (Phi) is 4.61. The Balaban J connectivity index is 2.43. The van der Waals surface area contributed by atoms with E-state index in [0.29, 0.717) is 6.42 Å². The van der Waals surface area contributed by atoms with Gasteiger partial charge in [0.15, 0.2) is 0 Å². The van der Waals surface area contributed by atoms with Crippen LogP contribution in [0.3, 0.4) is 0 Å². The maximum absolute atomic E-state index is 11.4. The van der Waals surface area contributed by atoms with Crippen molar-refractivity contribution in [3.63, 3.8) is 0 Å². The summed E-state index contributed by atoms with van der Waals surface area (Å²) in [6, 6.07) is 9.63. The highest BCUT2D eigenvalue weighted by Gasteiger charge is 2.42. The molecule has 0 heterocycles. The highest BCUT2D eigenvalue weighted by molar-refractivity contribution is 7.46. The van der Waals surface area contributed by atoms with Gasteiger partial charge in [-0.3, -0.25) is 4.52 Å². The molecule has 2 unspecified atom stereocenters. The van der Waals surface area contributed by atoms with Crippen molar-refractivity contribution in [3.8, 4) is 0 Å². The van der Waals surface area contributed by atoms with Crippen molar-refractivity contribution in [1.82, 2.24) is 0 Å². The zero-order chi connectivity index (χ0) is 14.6. The van der Waals surface area contributed by atoms with E-state index >= 15 is 0 Å². The van der Waals surface area contributed by atoms with Gasteiger partial charge in [-0.15, -0.1) is 0 Å². The second-order valence-electron chi connectivity index (χ2n) is 4.92. The molecule has 0 aliphatic heterocycles. The molecule has 2 rings (SSSR count). The fourth-order valence-electron chi connectivity index (χ4n) is 2.70. The molecule has 1 aromatic rings. The molecule has 1 aromatic carbocycles. The maximum Gasteiger partial charge on any atom is 0.470 e. The van der Waals surface area contributed by atoms with Gasteiger partial charge in [0.2, 0.25) is 0 Å². The average Bonchev–Trinajstić information content (AvgIpc) is 2.38. The summed E-state index contributed by atoms with van der Waals surface area (Å²) in [5.41, 5.74) is -0.0147. The van der Waals surface area contributed by atoms with Crippen LogP contribution < -0.4 is 0 Å². The van der Waals surface area contributed by atoms with Gasteiger partial charge in [0, 0.05) is 5.92 Å². The maximum atomic E-state index is 11.4. The zero-order valence-electron chi connectivity index (χ0n) is 11.3. The molecule has 0 radical (unpaired) electrons. The summed E-state index contributed by atoms with van der Waals surface area (Å²) >= 11 is 0. The third-order valence-electron chi connectivity index (χ3n) is 3.41. The quantitative estimate of drug-likeness (QED) is 0.815.